The van der Waals surface area contributed by atoms with Gasteiger partial charge in [0, 0.05) is 44.4 Å². The minimum Gasteiger partial charge on any atom is -0.336 e. The van der Waals surface area contributed by atoms with Crippen molar-refractivity contribution in [2.75, 3.05) is 30.9 Å². The number of para-hydroxylation sites is 1. The molecule has 2 aromatic carbocycles. The summed E-state index contributed by atoms with van der Waals surface area (Å²) in [5.74, 6) is -0.228. The number of hydrogen-bond acceptors (Lipinski definition) is 6. The summed E-state index contributed by atoms with van der Waals surface area (Å²) in [6.45, 7) is 2.83. The third-order valence-electron chi connectivity index (χ3n) is 6.18. The maximum absolute atomic E-state index is 13.2. The number of carbonyl (C=O) groups excluding carboxylic acids is 1. The van der Waals surface area contributed by atoms with Crippen molar-refractivity contribution in [3.05, 3.63) is 64.2 Å². The lowest BCUT2D eigenvalue weighted by Crippen LogP contribution is -2.51. The molecule has 0 spiro atoms. The lowest BCUT2D eigenvalue weighted by molar-refractivity contribution is -0.385. The second kappa shape index (κ2) is 9.25. The quantitative estimate of drug-likeness (QED) is 0.526. The van der Waals surface area contributed by atoms with E-state index >= 15 is 0 Å². The van der Waals surface area contributed by atoms with Crippen LogP contribution in [0.5, 0.6) is 0 Å². The average molecular weight is 459 g/mol. The minimum absolute atomic E-state index is 0.155. The predicted octanol–water partition coefficient (Wildman–Crippen LogP) is 3.10. The maximum atomic E-state index is 13.2. The van der Waals surface area contributed by atoms with Gasteiger partial charge in [0.05, 0.1) is 21.1 Å². The van der Waals surface area contributed by atoms with Crippen LogP contribution in [0.4, 0.5) is 11.4 Å². The van der Waals surface area contributed by atoms with Crippen molar-refractivity contribution in [2.45, 2.75) is 36.6 Å². The first-order valence-corrected chi connectivity index (χ1v) is 12.2. The zero-order valence-corrected chi connectivity index (χ0v) is 18.5. The molecule has 1 saturated heterocycles. The zero-order valence-electron chi connectivity index (χ0n) is 17.6. The number of hydrogen-bond donors (Lipinski definition) is 1. The molecule has 2 aromatic rings. The van der Waals surface area contributed by atoms with Crippen LogP contribution < -0.4 is 4.72 Å². The lowest BCUT2D eigenvalue weighted by Gasteiger charge is -2.38. The number of anilines is 1. The largest absolute Gasteiger partial charge is 0.336 e. The number of nitro groups is 1. The van der Waals surface area contributed by atoms with Gasteiger partial charge in [-0.25, -0.2) is 8.42 Å². The highest BCUT2D eigenvalue weighted by atomic mass is 32.2. The predicted molar refractivity (Wildman–Crippen MR) is 120 cm³/mol. The summed E-state index contributed by atoms with van der Waals surface area (Å²) in [7, 11) is -4.11. The van der Waals surface area contributed by atoms with Crippen LogP contribution in [-0.4, -0.2) is 61.3 Å². The van der Waals surface area contributed by atoms with E-state index in [-0.39, 0.29) is 27.7 Å². The first-order chi connectivity index (χ1) is 15.3. The van der Waals surface area contributed by atoms with Crippen LogP contribution >= 0.6 is 0 Å². The number of rotatable bonds is 6. The fourth-order valence-corrected chi connectivity index (χ4v) is 5.58. The Balaban J connectivity index is 1.50. The summed E-state index contributed by atoms with van der Waals surface area (Å²) in [6.07, 6.45) is 4.97. The molecular weight excluding hydrogens is 432 g/mol. The van der Waals surface area contributed by atoms with Gasteiger partial charge in [-0.2, -0.15) is 0 Å². The highest BCUT2D eigenvalue weighted by Crippen LogP contribution is 2.26. The Hall–Kier alpha value is -2.98. The molecule has 0 radical (unpaired) electrons. The number of non-ortho nitro benzene ring substituents is 1. The highest BCUT2D eigenvalue weighted by Gasteiger charge is 2.29. The second-order valence-electron chi connectivity index (χ2n) is 8.17. The van der Waals surface area contributed by atoms with E-state index in [1.807, 2.05) is 0 Å². The summed E-state index contributed by atoms with van der Waals surface area (Å²) in [4.78, 5) is 27.5. The van der Waals surface area contributed by atoms with Crippen molar-refractivity contribution in [1.82, 2.24) is 9.80 Å². The molecule has 1 saturated carbocycles. The molecule has 2 aliphatic rings. The number of nitrogens with one attached hydrogen (secondary N) is 1. The zero-order chi connectivity index (χ0) is 22.7. The molecule has 1 N–H and O–H groups in total. The first kappa shape index (κ1) is 22.2. The number of carbonyl (C=O) groups is 1. The van der Waals surface area contributed by atoms with Crippen LogP contribution in [0.15, 0.2) is 53.4 Å². The fraction of sp³-hybridized carbons (Fsp3) is 0.409. The number of sulfonamides is 1. The van der Waals surface area contributed by atoms with Crippen molar-refractivity contribution in [3.8, 4) is 0 Å². The number of piperazine rings is 1. The van der Waals surface area contributed by atoms with Crippen LogP contribution in [0.1, 0.15) is 36.0 Å². The van der Waals surface area contributed by atoms with Gasteiger partial charge >= 0.3 is 0 Å². The van der Waals surface area contributed by atoms with E-state index in [1.165, 1.54) is 49.9 Å². The first-order valence-electron chi connectivity index (χ1n) is 10.7. The van der Waals surface area contributed by atoms with Gasteiger partial charge in [0.2, 0.25) is 0 Å². The molecule has 0 unspecified atom stereocenters. The van der Waals surface area contributed by atoms with Crippen molar-refractivity contribution in [1.29, 1.82) is 0 Å². The molecule has 4 rings (SSSR count). The monoisotopic (exact) mass is 458 g/mol. The number of benzene rings is 2. The Morgan fingerprint density at radius 1 is 1.00 bits per heavy atom. The molecule has 0 bridgehead atoms. The summed E-state index contributed by atoms with van der Waals surface area (Å²) < 4.78 is 28.1. The smallest absolute Gasteiger partial charge is 0.270 e. The molecule has 32 heavy (non-hydrogen) atoms. The fourth-order valence-electron chi connectivity index (χ4n) is 4.46. The number of nitrogens with zero attached hydrogens (tertiary/aromatic N) is 3. The van der Waals surface area contributed by atoms with Crippen LogP contribution in [0.3, 0.4) is 0 Å². The Bertz CT molecular complexity index is 1110. The van der Waals surface area contributed by atoms with Gasteiger partial charge in [0.1, 0.15) is 0 Å². The topological polar surface area (TPSA) is 113 Å². The Kier molecular flexibility index (Phi) is 6.43. The van der Waals surface area contributed by atoms with Crippen LogP contribution in [0.25, 0.3) is 0 Å². The highest BCUT2D eigenvalue weighted by molar-refractivity contribution is 7.92. The molecule has 2 fully saturated rings. The van der Waals surface area contributed by atoms with Gasteiger partial charge in [-0.05, 0) is 31.0 Å². The summed E-state index contributed by atoms with van der Waals surface area (Å²) >= 11 is 0. The van der Waals surface area contributed by atoms with Gasteiger partial charge in [-0.3, -0.25) is 24.5 Å². The van der Waals surface area contributed by atoms with E-state index in [2.05, 4.69) is 9.62 Å². The normalized spacial score (nSPS) is 17.9. The van der Waals surface area contributed by atoms with E-state index in [0.29, 0.717) is 19.1 Å². The molecule has 1 aliphatic carbocycles. The van der Waals surface area contributed by atoms with Crippen molar-refractivity contribution >= 4 is 27.3 Å². The van der Waals surface area contributed by atoms with Gasteiger partial charge in [0.15, 0.2) is 0 Å². The second-order valence-corrected chi connectivity index (χ2v) is 9.85. The van der Waals surface area contributed by atoms with Crippen molar-refractivity contribution < 1.29 is 18.1 Å². The van der Waals surface area contributed by atoms with E-state index in [1.54, 1.807) is 23.1 Å². The average Bonchev–Trinajstić information content (AvgIpc) is 3.34. The molecule has 0 atom stereocenters. The Morgan fingerprint density at radius 2 is 1.69 bits per heavy atom. The summed E-state index contributed by atoms with van der Waals surface area (Å²) in [5.41, 5.74) is 0.0930. The van der Waals surface area contributed by atoms with Gasteiger partial charge in [-0.1, -0.05) is 31.0 Å². The van der Waals surface area contributed by atoms with E-state index < -0.39 is 14.9 Å². The minimum atomic E-state index is -4.11. The molecule has 0 aromatic heterocycles. The lowest BCUT2D eigenvalue weighted by atomic mass is 10.1. The molecular formula is C22H26N4O5S. The van der Waals surface area contributed by atoms with E-state index in [0.717, 1.165) is 19.2 Å². The van der Waals surface area contributed by atoms with Gasteiger partial charge < -0.3 is 4.90 Å². The van der Waals surface area contributed by atoms with Crippen LogP contribution in [0.2, 0.25) is 0 Å². The maximum Gasteiger partial charge on any atom is 0.270 e. The third kappa shape index (κ3) is 4.76. The molecule has 1 amide bonds. The molecule has 170 valence electrons. The molecule has 10 heteroatoms. The number of amides is 1. The summed E-state index contributed by atoms with van der Waals surface area (Å²) in [5, 5.41) is 11.0. The van der Waals surface area contributed by atoms with Gasteiger partial charge in [0.25, 0.3) is 21.6 Å². The molecule has 9 nitrogen and oxygen atoms in total. The standard InChI is InChI=1S/C22H26N4O5S/c27-22(25-14-12-24(13-15-25)17-6-1-2-7-17)20-10-3-4-11-21(20)23-32(30,31)19-9-5-8-18(16-19)26(28)29/h3-5,8-11,16-17,23H,1-2,6-7,12-15H2. The third-order valence-corrected chi connectivity index (χ3v) is 7.55. The van der Waals surface area contributed by atoms with Crippen molar-refractivity contribution in [3.63, 3.8) is 0 Å². The number of nitro benzene ring substituents is 1. The van der Waals surface area contributed by atoms with E-state index in [9.17, 15) is 23.3 Å². The SMILES string of the molecule is O=C(c1ccccc1NS(=O)(=O)c1cccc([N+](=O)[O-])c1)N1CCN(C2CCCC2)CC1. The van der Waals surface area contributed by atoms with Crippen LogP contribution in [0, 0.1) is 10.1 Å². The molecule has 1 heterocycles. The Morgan fingerprint density at radius 3 is 2.38 bits per heavy atom. The summed E-state index contributed by atoms with van der Waals surface area (Å²) in [6, 6.07) is 11.9. The van der Waals surface area contributed by atoms with Crippen LogP contribution in [-0.2, 0) is 10.0 Å². The van der Waals surface area contributed by atoms with Gasteiger partial charge in [-0.15, -0.1) is 0 Å². The van der Waals surface area contributed by atoms with Crippen molar-refractivity contribution in [2.24, 2.45) is 0 Å². The Labute approximate surface area is 187 Å². The molecule has 1 aliphatic heterocycles. The van der Waals surface area contributed by atoms with E-state index in [4.69, 9.17) is 0 Å².